The van der Waals surface area contributed by atoms with E-state index in [-0.39, 0.29) is 11.9 Å². The zero-order valence-electron chi connectivity index (χ0n) is 5.10. The Morgan fingerprint density at radius 2 is 2.44 bits per heavy atom. The third kappa shape index (κ3) is 1.64. The van der Waals surface area contributed by atoms with Gasteiger partial charge in [0.1, 0.15) is 0 Å². The molecule has 50 valence electrons. The number of carbonyl (C=O) groups is 1. The average Bonchev–Trinajstić information content (AvgIpc) is 1.59. The van der Waals surface area contributed by atoms with Crippen LogP contribution >= 0.6 is 12.2 Å². The van der Waals surface area contributed by atoms with Crippen molar-refractivity contribution in [2.45, 2.75) is 19.4 Å². The van der Waals surface area contributed by atoms with Crippen molar-refractivity contribution in [2.75, 3.05) is 0 Å². The Balaban J connectivity index is 2.53. The van der Waals surface area contributed by atoms with E-state index in [1.165, 1.54) is 0 Å². The van der Waals surface area contributed by atoms with E-state index >= 15 is 0 Å². The van der Waals surface area contributed by atoms with E-state index in [9.17, 15) is 4.79 Å². The first-order valence-corrected chi connectivity index (χ1v) is 3.19. The van der Waals surface area contributed by atoms with Crippen LogP contribution in [0, 0.1) is 0 Å². The molecule has 4 heteroatoms. The van der Waals surface area contributed by atoms with Gasteiger partial charge in [-0.2, -0.15) is 0 Å². The summed E-state index contributed by atoms with van der Waals surface area (Å²) in [6.45, 7) is 1.92. The average molecular weight is 144 g/mol. The van der Waals surface area contributed by atoms with Crippen molar-refractivity contribution in [3.05, 3.63) is 0 Å². The molecule has 1 amide bonds. The summed E-state index contributed by atoms with van der Waals surface area (Å²) in [6, 6.07) is 0.186. The number of rotatable bonds is 0. The molecule has 1 aliphatic rings. The normalized spacial score (nSPS) is 27.0. The van der Waals surface area contributed by atoms with Gasteiger partial charge in [0.15, 0.2) is 5.11 Å². The van der Waals surface area contributed by atoms with E-state index in [0.29, 0.717) is 11.5 Å². The van der Waals surface area contributed by atoms with E-state index in [2.05, 4.69) is 10.6 Å². The van der Waals surface area contributed by atoms with Gasteiger partial charge in [0.25, 0.3) is 0 Å². The molecule has 9 heavy (non-hydrogen) atoms. The van der Waals surface area contributed by atoms with Gasteiger partial charge in [0, 0.05) is 12.5 Å². The Morgan fingerprint density at radius 1 is 1.78 bits per heavy atom. The van der Waals surface area contributed by atoms with E-state index in [4.69, 9.17) is 12.2 Å². The molecule has 0 aliphatic carbocycles. The number of hydrogen-bond donors (Lipinski definition) is 2. The Bertz CT molecular complexity index is 141. The second-order valence-corrected chi connectivity index (χ2v) is 2.54. The Hall–Kier alpha value is -0.640. The summed E-state index contributed by atoms with van der Waals surface area (Å²) in [5.74, 6) is 0.00579. The highest BCUT2D eigenvalue weighted by molar-refractivity contribution is 7.80. The summed E-state index contributed by atoms with van der Waals surface area (Å²) in [5, 5.41) is 5.84. The quantitative estimate of drug-likeness (QED) is 0.461. The lowest BCUT2D eigenvalue weighted by Gasteiger charge is -2.21. The van der Waals surface area contributed by atoms with Gasteiger partial charge < -0.3 is 10.6 Å². The second-order valence-electron chi connectivity index (χ2n) is 2.13. The summed E-state index contributed by atoms with van der Waals surface area (Å²) in [7, 11) is 0. The lowest BCUT2D eigenvalue weighted by Crippen LogP contribution is -2.50. The van der Waals surface area contributed by atoms with Crippen molar-refractivity contribution in [1.29, 1.82) is 0 Å². The summed E-state index contributed by atoms with van der Waals surface area (Å²) in [4.78, 5) is 10.6. The molecule has 0 unspecified atom stereocenters. The Kier molecular flexibility index (Phi) is 1.66. The topological polar surface area (TPSA) is 41.1 Å². The highest BCUT2D eigenvalue weighted by Gasteiger charge is 2.16. The van der Waals surface area contributed by atoms with Crippen molar-refractivity contribution in [3.8, 4) is 0 Å². The van der Waals surface area contributed by atoms with E-state index in [1.54, 1.807) is 0 Å². The standard InChI is InChI=1S/C5H8N2OS/c1-3-2-4(8)7-5(9)6-3/h3H,2H2,1H3,(H2,6,7,8,9)/t3-/m1/s1. The Labute approximate surface area is 58.8 Å². The van der Waals surface area contributed by atoms with Gasteiger partial charge in [-0.25, -0.2) is 0 Å². The molecule has 0 radical (unpaired) electrons. The van der Waals surface area contributed by atoms with Gasteiger partial charge in [-0.05, 0) is 19.1 Å². The van der Waals surface area contributed by atoms with Gasteiger partial charge in [-0.3, -0.25) is 4.79 Å². The minimum atomic E-state index is 0.00579. The van der Waals surface area contributed by atoms with Crippen LogP contribution in [0.2, 0.25) is 0 Å². The van der Waals surface area contributed by atoms with Crippen LogP contribution in [0.4, 0.5) is 0 Å². The minimum absolute atomic E-state index is 0.00579. The van der Waals surface area contributed by atoms with Crippen LogP contribution < -0.4 is 10.6 Å². The predicted octanol–water partition coefficient (Wildman–Crippen LogP) is -0.231. The van der Waals surface area contributed by atoms with Crippen molar-refractivity contribution in [1.82, 2.24) is 10.6 Å². The molecule has 0 spiro atoms. The van der Waals surface area contributed by atoms with Crippen LogP contribution in [0.1, 0.15) is 13.3 Å². The molecule has 3 nitrogen and oxygen atoms in total. The molecule has 0 aromatic heterocycles. The molecule has 1 fully saturated rings. The number of carbonyl (C=O) groups excluding carboxylic acids is 1. The summed E-state index contributed by atoms with van der Waals surface area (Å²) >= 11 is 4.72. The maximum atomic E-state index is 10.6. The molecule has 1 heterocycles. The summed E-state index contributed by atoms with van der Waals surface area (Å²) in [5.41, 5.74) is 0. The molecule has 0 bridgehead atoms. The number of nitrogens with one attached hydrogen (secondary N) is 2. The number of amides is 1. The van der Waals surface area contributed by atoms with Crippen LogP contribution in [0.5, 0.6) is 0 Å². The highest BCUT2D eigenvalue weighted by Crippen LogP contribution is 1.94. The molecule has 1 rings (SSSR count). The number of hydrogen-bond acceptors (Lipinski definition) is 2. The maximum absolute atomic E-state index is 10.6. The second kappa shape index (κ2) is 2.31. The molecule has 0 aromatic carbocycles. The molecule has 1 aliphatic heterocycles. The van der Waals surface area contributed by atoms with Crippen molar-refractivity contribution in [3.63, 3.8) is 0 Å². The van der Waals surface area contributed by atoms with E-state index in [1.807, 2.05) is 6.92 Å². The molecule has 2 N–H and O–H groups in total. The predicted molar refractivity (Wildman–Crippen MR) is 38.0 cm³/mol. The molecule has 1 atom stereocenters. The third-order valence-electron chi connectivity index (χ3n) is 1.12. The molecular formula is C5H8N2OS. The first-order chi connectivity index (χ1) is 4.18. The lowest BCUT2D eigenvalue weighted by molar-refractivity contribution is -0.120. The van der Waals surface area contributed by atoms with Gasteiger partial charge in [-0.15, -0.1) is 0 Å². The van der Waals surface area contributed by atoms with Gasteiger partial charge in [0.05, 0.1) is 0 Å². The fourth-order valence-electron chi connectivity index (χ4n) is 0.767. The monoisotopic (exact) mass is 144 g/mol. The van der Waals surface area contributed by atoms with Crippen molar-refractivity contribution in [2.24, 2.45) is 0 Å². The smallest absolute Gasteiger partial charge is 0.228 e. The first kappa shape index (κ1) is 6.48. The van der Waals surface area contributed by atoms with Crippen molar-refractivity contribution >= 4 is 23.2 Å². The fraction of sp³-hybridized carbons (Fsp3) is 0.600. The van der Waals surface area contributed by atoms with Crippen LogP contribution in [-0.2, 0) is 4.79 Å². The van der Waals surface area contributed by atoms with Crippen molar-refractivity contribution < 1.29 is 4.79 Å². The zero-order chi connectivity index (χ0) is 6.85. The SMILES string of the molecule is C[C@@H]1CC(=O)NC(=S)N1. The molecule has 0 saturated carbocycles. The van der Waals surface area contributed by atoms with Crippen LogP contribution in [-0.4, -0.2) is 17.1 Å². The molecular weight excluding hydrogens is 136 g/mol. The largest absolute Gasteiger partial charge is 0.359 e. The van der Waals surface area contributed by atoms with Crippen LogP contribution in [0.25, 0.3) is 0 Å². The summed E-state index contributed by atoms with van der Waals surface area (Å²) in [6.07, 6.45) is 0.514. The number of thiocarbonyl (C=S) groups is 1. The van der Waals surface area contributed by atoms with E-state index in [0.717, 1.165) is 0 Å². The van der Waals surface area contributed by atoms with Crippen LogP contribution in [0.15, 0.2) is 0 Å². The van der Waals surface area contributed by atoms with Crippen LogP contribution in [0.3, 0.4) is 0 Å². The highest BCUT2D eigenvalue weighted by atomic mass is 32.1. The maximum Gasteiger partial charge on any atom is 0.228 e. The summed E-state index contributed by atoms with van der Waals surface area (Å²) < 4.78 is 0. The Morgan fingerprint density at radius 3 is 2.89 bits per heavy atom. The molecule has 1 saturated heterocycles. The van der Waals surface area contributed by atoms with E-state index < -0.39 is 0 Å². The van der Waals surface area contributed by atoms with Gasteiger partial charge in [-0.1, -0.05) is 0 Å². The lowest BCUT2D eigenvalue weighted by atomic mass is 10.2. The minimum Gasteiger partial charge on any atom is -0.359 e. The van der Waals surface area contributed by atoms with Gasteiger partial charge in [0.2, 0.25) is 5.91 Å². The zero-order valence-corrected chi connectivity index (χ0v) is 5.92. The first-order valence-electron chi connectivity index (χ1n) is 2.79. The fourth-order valence-corrected chi connectivity index (χ4v) is 1.08. The molecule has 0 aromatic rings. The van der Waals surface area contributed by atoms with Gasteiger partial charge >= 0.3 is 0 Å². The third-order valence-corrected chi connectivity index (χ3v) is 1.34.